The summed E-state index contributed by atoms with van der Waals surface area (Å²) < 4.78 is 22.8. The van der Waals surface area contributed by atoms with Crippen LogP contribution in [-0.4, -0.2) is 140 Å². The standard InChI is InChI=1S/C73H119NO13/c1-3-5-7-9-11-13-15-17-19-20-21-22-23-24-25-26-27-28-29-30-31-32-33-34-35-36-37-38-39-40-41-42-43-45-47-49-51-53-55-57-65(78)74-61(62(77)56-54-52-50-48-46-44-18-16-14-12-10-8-6-4-2)60-84-72-70(83)68(81)71(64(59-76)86-72)87-73-69(82)67(80)66(79)63(58-75)85-73/h5,7,11,13,17,19,21-22,24-25,27-28,30-31,33-34,36-37,39-40,46,48,54,56,61-64,66-73,75-77,79-83H,3-4,6,8-10,12,14-16,18,20,23,26,29,32,35,38,41-45,47,49-53,55,57-60H2,1-2H3,(H,74,78)/b7-5-,13-11-,19-17-,22-21-,25-24-,28-27-,31-30-,34-33-,37-36-,40-39-,48-46+,56-54+. The third kappa shape index (κ3) is 40.3. The van der Waals surface area contributed by atoms with Crippen LogP contribution in [0.2, 0.25) is 0 Å². The maximum Gasteiger partial charge on any atom is 0.220 e. The van der Waals surface area contributed by atoms with E-state index in [2.05, 4.69) is 153 Å². The first-order valence-electron chi connectivity index (χ1n) is 33.6. The van der Waals surface area contributed by atoms with Crippen molar-refractivity contribution in [3.05, 3.63) is 146 Å². The van der Waals surface area contributed by atoms with Gasteiger partial charge >= 0.3 is 0 Å². The van der Waals surface area contributed by atoms with E-state index >= 15 is 0 Å². The van der Waals surface area contributed by atoms with E-state index in [9.17, 15) is 45.6 Å². The summed E-state index contributed by atoms with van der Waals surface area (Å²) in [6.45, 7) is 2.63. The molecule has 0 radical (unpaired) electrons. The van der Waals surface area contributed by atoms with Crippen molar-refractivity contribution in [2.45, 2.75) is 286 Å². The molecule has 0 aromatic heterocycles. The number of allylic oxidation sites excluding steroid dienone is 23. The van der Waals surface area contributed by atoms with E-state index in [1.54, 1.807) is 6.08 Å². The quantitative estimate of drug-likeness (QED) is 0.0204. The zero-order valence-corrected chi connectivity index (χ0v) is 53.4. The van der Waals surface area contributed by atoms with Crippen molar-refractivity contribution in [1.82, 2.24) is 5.32 Å². The molecule has 1 amide bonds. The number of rotatable bonds is 52. The maximum absolute atomic E-state index is 13.3. The number of aliphatic hydroxyl groups excluding tert-OH is 8. The molecule has 9 N–H and O–H groups in total. The van der Waals surface area contributed by atoms with Crippen LogP contribution in [0.3, 0.4) is 0 Å². The predicted octanol–water partition coefficient (Wildman–Crippen LogP) is 13.3. The number of aliphatic hydroxyl groups is 8. The van der Waals surface area contributed by atoms with Gasteiger partial charge in [0.1, 0.15) is 48.8 Å². The van der Waals surface area contributed by atoms with Gasteiger partial charge in [-0.3, -0.25) is 4.79 Å². The third-order valence-electron chi connectivity index (χ3n) is 15.3. The second-order valence-electron chi connectivity index (χ2n) is 22.9. The van der Waals surface area contributed by atoms with Crippen LogP contribution in [-0.2, 0) is 23.7 Å². The van der Waals surface area contributed by atoms with E-state index in [0.717, 1.165) is 109 Å². The Bertz CT molecular complexity index is 2020. The molecule has 2 aliphatic heterocycles. The molecule has 2 aliphatic rings. The van der Waals surface area contributed by atoms with Crippen LogP contribution >= 0.6 is 0 Å². The minimum Gasteiger partial charge on any atom is -0.394 e. The van der Waals surface area contributed by atoms with E-state index in [0.29, 0.717) is 12.8 Å². The van der Waals surface area contributed by atoms with Gasteiger partial charge < -0.3 is 65.1 Å². The second kappa shape index (κ2) is 55.9. The Morgan fingerprint density at radius 1 is 0.425 bits per heavy atom. The van der Waals surface area contributed by atoms with Gasteiger partial charge in [0.15, 0.2) is 12.6 Å². The lowest BCUT2D eigenvalue weighted by atomic mass is 9.97. The van der Waals surface area contributed by atoms with Gasteiger partial charge in [-0.1, -0.05) is 243 Å². The Hall–Kier alpha value is -4.13. The van der Waals surface area contributed by atoms with Crippen molar-refractivity contribution in [1.29, 1.82) is 0 Å². The van der Waals surface area contributed by atoms with Crippen LogP contribution in [0.1, 0.15) is 213 Å². The van der Waals surface area contributed by atoms with Crippen LogP contribution in [0.4, 0.5) is 0 Å². The highest BCUT2D eigenvalue weighted by Crippen LogP contribution is 2.30. The lowest BCUT2D eigenvalue weighted by molar-refractivity contribution is -0.359. The van der Waals surface area contributed by atoms with Crippen molar-refractivity contribution < 1.29 is 64.6 Å². The third-order valence-corrected chi connectivity index (χ3v) is 15.3. The van der Waals surface area contributed by atoms with Crippen LogP contribution in [0.15, 0.2) is 146 Å². The molecule has 0 bridgehead atoms. The predicted molar refractivity (Wildman–Crippen MR) is 354 cm³/mol. The Morgan fingerprint density at radius 3 is 1.26 bits per heavy atom. The lowest BCUT2D eigenvalue weighted by Crippen LogP contribution is -2.65. The second-order valence-corrected chi connectivity index (χ2v) is 22.9. The highest BCUT2D eigenvalue weighted by molar-refractivity contribution is 5.76. The largest absolute Gasteiger partial charge is 0.394 e. The molecule has 0 aromatic rings. The van der Waals surface area contributed by atoms with E-state index in [-0.39, 0.29) is 18.9 Å². The number of hydrogen-bond donors (Lipinski definition) is 9. The Morgan fingerprint density at radius 2 is 0.805 bits per heavy atom. The molecule has 14 nitrogen and oxygen atoms in total. The number of carbonyl (C=O) groups is 1. The monoisotopic (exact) mass is 1220 g/mol. The molecule has 14 heteroatoms. The Labute approximate surface area is 525 Å². The SMILES string of the molecule is CC/C=C\C/C=C\C/C=C\C/C=C\C/C=C\C/C=C\C/C=C\C/C=C\C/C=C\C/C=C\CCCCCCCCCCC(=O)NC(COC1OC(CO)C(OC2OC(CO)C(O)C(O)C2O)C(O)C1O)C(O)/C=C/CC/C=C/CCCCCCCCCC. The van der Waals surface area contributed by atoms with Crippen LogP contribution in [0.25, 0.3) is 0 Å². The van der Waals surface area contributed by atoms with E-state index in [4.69, 9.17) is 18.9 Å². The number of amides is 1. The molecule has 2 saturated heterocycles. The summed E-state index contributed by atoms with van der Waals surface area (Å²) in [5, 5.41) is 87.1. The molecule has 0 saturated carbocycles. The molecule has 2 rings (SSSR count). The molecule has 0 aromatic carbocycles. The number of ether oxygens (including phenoxy) is 4. The van der Waals surface area contributed by atoms with Gasteiger partial charge in [0.05, 0.1) is 32.0 Å². The first-order chi connectivity index (χ1) is 42.6. The van der Waals surface area contributed by atoms with E-state index in [1.165, 1.54) is 70.6 Å². The van der Waals surface area contributed by atoms with Crippen LogP contribution in [0.5, 0.6) is 0 Å². The summed E-state index contributed by atoms with van der Waals surface area (Å²) >= 11 is 0. The van der Waals surface area contributed by atoms with Crippen LogP contribution in [0, 0.1) is 0 Å². The summed E-state index contributed by atoms with van der Waals surface area (Å²) in [5.74, 6) is -0.265. The fourth-order valence-corrected chi connectivity index (χ4v) is 9.92. The highest BCUT2D eigenvalue weighted by Gasteiger charge is 2.51. The molecule has 2 fully saturated rings. The average Bonchev–Trinajstić information content (AvgIpc) is 2.05. The van der Waals surface area contributed by atoms with Gasteiger partial charge in [-0.05, 0) is 109 Å². The van der Waals surface area contributed by atoms with Gasteiger partial charge in [0.2, 0.25) is 5.91 Å². The van der Waals surface area contributed by atoms with Gasteiger partial charge in [-0.25, -0.2) is 0 Å². The fraction of sp³-hybridized carbons (Fsp3) is 0.658. The van der Waals surface area contributed by atoms with E-state index in [1.807, 2.05) is 6.08 Å². The van der Waals surface area contributed by atoms with Crippen molar-refractivity contribution >= 4 is 5.91 Å². The first-order valence-corrected chi connectivity index (χ1v) is 33.6. The number of hydrogen-bond acceptors (Lipinski definition) is 13. The smallest absolute Gasteiger partial charge is 0.220 e. The maximum atomic E-state index is 13.3. The zero-order chi connectivity index (χ0) is 63.1. The Balaban J connectivity index is 1.65. The van der Waals surface area contributed by atoms with Crippen molar-refractivity contribution in [3.63, 3.8) is 0 Å². The molecule has 0 aliphatic carbocycles. The van der Waals surface area contributed by atoms with Gasteiger partial charge in [0, 0.05) is 6.42 Å². The normalized spacial score (nSPS) is 24.3. The fourth-order valence-electron chi connectivity index (χ4n) is 9.92. The zero-order valence-electron chi connectivity index (χ0n) is 53.4. The molecular formula is C73H119NO13. The summed E-state index contributed by atoms with van der Waals surface area (Å²) in [5.41, 5.74) is 0. The average molecular weight is 1220 g/mol. The number of unbranched alkanes of at least 4 members (excludes halogenated alkanes) is 17. The summed E-state index contributed by atoms with van der Waals surface area (Å²) in [6, 6.07) is -0.946. The molecule has 87 heavy (non-hydrogen) atoms. The Kier molecular flexibility index (Phi) is 50.7. The molecule has 12 unspecified atom stereocenters. The van der Waals surface area contributed by atoms with Crippen LogP contribution < -0.4 is 5.32 Å². The topological polar surface area (TPSA) is 228 Å². The van der Waals surface area contributed by atoms with Gasteiger partial charge in [-0.15, -0.1) is 0 Å². The molecule has 494 valence electrons. The summed E-state index contributed by atoms with van der Waals surface area (Å²) in [6.07, 6.45) is 67.6. The minimum absolute atomic E-state index is 0.254. The number of carbonyl (C=O) groups excluding carboxylic acids is 1. The van der Waals surface area contributed by atoms with Gasteiger partial charge in [0.25, 0.3) is 0 Å². The van der Waals surface area contributed by atoms with Gasteiger partial charge in [-0.2, -0.15) is 0 Å². The van der Waals surface area contributed by atoms with E-state index < -0.39 is 86.8 Å². The van der Waals surface area contributed by atoms with Crippen molar-refractivity contribution in [3.8, 4) is 0 Å². The highest BCUT2D eigenvalue weighted by atomic mass is 16.7. The summed E-state index contributed by atoms with van der Waals surface area (Å²) in [7, 11) is 0. The molecular weight excluding hydrogens is 1100 g/mol. The molecule has 12 atom stereocenters. The lowest BCUT2D eigenvalue weighted by Gasteiger charge is -2.46. The minimum atomic E-state index is -1.80. The van der Waals surface area contributed by atoms with Crippen molar-refractivity contribution in [2.24, 2.45) is 0 Å². The molecule has 2 heterocycles. The van der Waals surface area contributed by atoms with Crippen molar-refractivity contribution in [2.75, 3.05) is 19.8 Å². The summed E-state index contributed by atoms with van der Waals surface area (Å²) in [4.78, 5) is 13.3. The molecule has 0 spiro atoms. The first kappa shape index (κ1) is 79.0. The number of nitrogens with one attached hydrogen (secondary N) is 1.